The first-order valence-electron chi connectivity index (χ1n) is 11.3. The van der Waals surface area contributed by atoms with E-state index < -0.39 is 5.97 Å². The molecule has 186 valence electrons. The van der Waals surface area contributed by atoms with Crippen molar-refractivity contribution in [1.29, 1.82) is 0 Å². The van der Waals surface area contributed by atoms with Gasteiger partial charge in [0.05, 0.1) is 12.9 Å². The molecule has 4 rings (SSSR count). The highest BCUT2D eigenvalue weighted by Gasteiger charge is 2.22. The Balaban J connectivity index is 1.41. The molecule has 0 aliphatic rings. The van der Waals surface area contributed by atoms with Gasteiger partial charge in [-0.25, -0.2) is 4.79 Å². The highest BCUT2D eigenvalue weighted by molar-refractivity contribution is 7.99. The topological polar surface area (TPSA) is 95.3 Å². The van der Waals surface area contributed by atoms with Crippen LogP contribution in [0.2, 0.25) is 0 Å². The number of ether oxygens (including phenoxy) is 2. The van der Waals surface area contributed by atoms with Crippen LogP contribution in [0.1, 0.15) is 28.7 Å². The molecule has 0 fully saturated rings. The van der Waals surface area contributed by atoms with Crippen molar-refractivity contribution in [3.8, 4) is 16.9 Å². The fourth-order valence-electron chi connectivity index (χ4n) is 3.51. The zero-order valence-electron chi connectivity index (χ0n) is 20.2. The summed E-state index contributed by atoms with van der Waals surface area (Å²) in [5.41, 5.74) is 3.10. The summed E-state index contributed by atoms with van der Waals surface area (Å²) in [7, 11) is 1.33. The Morgan fingerprint density at radius 2 is 1.83 bits per heavy atom. The first-order chi connectivity index (χ1) is 17.5. The van der Waals surface area contributed by atoms with Gasteiger partial charge in [-0.15, -0.1) is 21.5 Å². The lowest BCUT2D eigenvalue weighted by molar-refractivity contribution is -0.113. The molecule has 4 aromatic rings. The Morgan fingerprint density at radius 1 is 1.08 bits per heavy atom. The third kappa shape index (κ3) is 5.95. The van der Waals surface area contributed by atoms with Gasteiger partial charge >= 0.3 is 5.97 Å². The fraction of sp³-hybridized carbons (Fsp3) is 0.231. The van der Waals surface area contributed by atoms with Crippen LogP contribution in [-0.4, -0.2) is 39.5 Å². The zero-order chi connectivity index (χ0) is 25.5. The lowest BCUT2D eigenvalue weighted by Crippen LogP contribution is -2.16. The van der Waals surface area contributed by atoms with Crippen LogP contribution in [0.15, 0.2) is 65.1 Å². The van der Waals surface area contributed by atoms with E-state index in [1.54, 1.807) is 0 Å². The van der Waals surface area contributed by atoms with Gasteiger partial charge in [0.1, 0.15) is 22.9 Å². The molecule has 2 heterocycles. The molecule has 1 amide bonds. The summed E-state index contributed by atoms with van der Waals surface area (Å²) in [5.74, 6) is 0.791. The van der Waals surface area contributed by atoms with E-state index in [9.17, 15) is 9.59 Å². The standard InChI is InChI=1S/C26H26N4O4S2/c1-4-30-21(14-34-19-12-10-17(2)11-13-19)28-29-26(30)36-16-22(31)27-24-23(25(32)33-3)20(15-35-24)18-8-6-5-7-9-18/h5-13,15H,4,14,16H2,1-3H3,(H,27,31). The Hall–Kier alpha value is -3.63. The van der Waals surface area contributed by atoms with Gasteiger partial charge in [0.25, 0.3) is 0 Å². The van der Waals surface area contributed by atoms with Crippen LogP contribution in [0, 0.1) is 6.92 Å². The number of esters is 1. The summed E-state index contributed by atoms with van der Waals surface area (Å²) in [5, 5.41) is 14.3. The van der Waals surface area contributed by atoms with Gasteiger partial charge in [-0.05, 0) is 31.5 Å². The molecule has 2 aromatic carbocycles. The average Bonchev–Trinajstić information content (AvgIpc) is 3.50. The number of thiophene rings is 1. The molecule has 0 saturated heterocycles. The minimum atomic E-state index is -0.498. The number of amides is 1. The van der Waals surface area contributed by atoms with Crippen LogP contribution in [0.25, 0.3) is 11.1 Å². The molecule has 8 nitrogen and oxygen atoms in total. The summed E-state index contributed by atoms with van der Waals surface area (Å²) >= 11 is 2.57. The van der Waals surface area contributed by atoms with Crippen LogP contribution in [0.5, 0.6) is 5.75 Å². The molecule has 0 saturated carbocycles. The normalized spacial score (nSPS) is 10.8. The number of aromatic nitrogens is 3. The molecule has 0 aliphatic heterocycles. The zero-order valence-corrected chi connectivity index (χ0v) is 21.8. The van der Waals surface area contributed by atoms with Crippen LogP contribution < -0.4 is 10.1 Å². The summed E-state index contributed by atoms with van der Waals surface area (Å²) < 4.78 is 12.7. The Morgan fingerprint density at radius 3 is 2.53 bits per heavy atom. The van der Waals surface area contributed by atoms with Gasteiger partial charge in [-0.2, -0.15) is 0 Å². The van der Waals surface area contributed by atoms with Crippen molar-refractivity contribution in [2.75, 3.05) is 18.2 Å². The SMILES string of the molecule is CCn1c(COc2ccc(C)cc2)nnc1SCC(=O)Nc1scc(-c2ccccc2)c1C(=O)OC. The van der Waals surface area contributed by atoms with Gasteiger partial charge in [0.2, 0.25) is 5.91 Å². The van der Waals surface area contributed by atoms with E-state index in [-0.39, 0.29) is 18.3 Å². The van der Waals surface area contributed by atoms with Gasteiger partial charge in [0, 0.05) is 17.5 Å². The number of benzene rings is 2. The number of hydrogen-bond acceptors (Lipinski definition) is 8. The van der Waals surface area contributed by atoms with E-state index in [0.29, 0.717) is 28.1 Å². The molecule has 0 spiro atoms. The minimum Gasteiger partial charge on any atom is -0.486 e. The highest BCUT2D eigenvalue weighted by atomic mass is 32.2. The first kappa shape index (κ1) is 25.5. The lowest BCUT2D eigenvalue weighted by atomic mass is 10.0. The molecule has 1 N–H and O–H groups in total. The number of aryl methyl sites for hydroxylation is 1. The van der Waals surface area contributed by atoms with E-state index in [1.165, 1.54) is 30.2 Å². The molecule has 0 atom stereocenters. The van der Waals surface area contributed by atoms with E-state index in [4.69, 9.17) is 9.47 Å². The molecule has 0 unspecified atom stereocenters. The predicted molar refractivity (Wildman–Crippen MR) is 142 cm³/mol. The van der Waals surface area contributed by atoms with Gasteiger partial charge in [0.15, 0.2) is 11.0 Å². The Kier molecular flexibility index (Phi) is 8.40. The number of nitrogens with zero attached hydrogens (tertiary/aromatic N) is 3. The second-order valence-corrected chi connectivity index (χ2v) is 9.61. The highest BCUT2D eigenvalue weighted by Crippen LogP contribution is 2.36. The van der Waals surface area contributed by atoms with Crippen molar-refractivity contribution in [2.24, 2.45) is 0 Å². The van der Waals surface area contributed by atoms with Gasteiger partial charge in [-0.3, -0.25) is 4.79 Å². The summed E-state index contributed by atoms with van der Waals surface area (Å²) in [6, 6.07) is 17.3. The third-order valence-electron chi connectivity index (χ3n) is 5.35. The second kappa shape index (κ2) is 11.9. The number of hydrogen-bond donors (Lipinski definition) is 1. The second-order valence-electron chi connectivity index (χ2n) is 7.79. The third-order valence-corrected chi connectivity index (χ3v) is 7.21. The van der Waals surface area contributed by atoms with Crippen molar-refractivity contribution >= 4 is 40.0 Å². The maximum absolute atomic E-state index is 12.8. The minimum absolute atomic E-state index is 0.107. The van der Waals surface area contributed by atoms with E-state index in [1.807, 2.05) is 78.4 Å². The lowest BCUT2D eigenvalue weighted by Gasteiger charge is -2.10. The van der Waals surface area contributed by atoms with Crippen LogP contribution in [-0.2, 0) is 22.7 Å². The molecule has 2 aromatic heterocycles. The van der Waals surface area contributed by atoms with Crippen molar-refractivity contribution in [2.45, 2.75) is 32.2 Å². The van der Waals surface area contributed by atoms with E-state index in [0.717, 1.165) is 22.4 Å². The van der Waals surface area contributed by atoms with Gasteiger partial charge < -0.3 is 19.4 Å². The van der Waals surface area contributed by atoms with Crippen LogP contribution in [0.3, 0.4) is 0 Å². The molecule has 10 heteroatoms. The first-order valence-corrected chi connectivity index (χ1v) is 13.2. The van der Waals surface area contributed by atoms with Crippen molar-refractivity contribution in [3.63, 3.8) is 0 Å². The maximum atomic E-state index is 12.8. The van der Waals surface area contributed by atoms with E-state index >= 15 is 0 Å². The Labute approximate surface area is 217 Å². The number of nitrogens with one attached hydrogen (secondary N) is 1. The van der Waals surface area contributed by atoms with Crippen LogP contribution >= 0.6 is 23.1 Å². The van der Waals surface area contributed by atoms with E-state index in [2.05, 4.69) is 15.5 Å². The molecular formula is C26H26N4O4S2. The molecule has 0 bridgehead atoms. The van der Waals surface area contributed by atoms with Crippen LogP contribution in [0.4, 0.5) is 5.00 Å². The number of anilines is 1. The number of methoxy groups -OCH3 is 1. The van der Waals surface area contributed by atoms with Gasteiger partial charge in [-0.1, -0.05) is 59.8 Å². The molecule has 0 radical (unpaired) electrons. The largest absolute Gasteiger partial charge is 0.486 e. The number of carbonyl (C=O) groups excluding carboxylic acids is 2. The quantitative estimate of drug-likeness (QED) is 0.219. The summed E-state index contributed by atoms with van der Waals surface area (Å²) in [6.07, 6.45) is 0. The maximum Gasteiger partial charge on any atom is 0.341 e. The number of thioether (sulfide) groups is 1. The van der Waals surface area contributed by atoms with Crippen molar-refractivity contribution in [3.05, 3.63) is 76.9 Å². The molecule has 0 aliphatic carbocycles. The Bertz CT molecular complexity index is 1330. The average molecular weight is 523 g/mol. The number of carbonyl (C=O) groups is 2. The molecular weight excluding hydrogens is 496 g/mol. The smallest absolute Gasteiger partial charge is 0.341 e. The van der Waals surface area contributed by atoms with Crippen molar-refractivity contribution < 1.29 is 19.1 Å². The monoisotopic (exact) mass is 522 g/mol. The summed E-state index contributed by atoms with van der Waals surface area (Å²) in [6.45, 7) is 4.92. The number of rotatable bonds is 10. The van der Waals surface area contributed by atoms with Crippen molar-refractivity contribution in [1.82, 2.24) is 14.8 Å². The fourth-order valence-corrected chi connectivity index (χ4v) is 5.30. The predicted octanol–water partition coefficient (Wildman–Crippen LogP) is 5.43. The molecule has 36 heavy (non-hydrogen) atoms. The summed E-state index contributed by atoms with van der Waals surface area (Å²) in [4.78, 5) is 25.3.